The summed E-state index contributed by atoms with van der Waals surface area (Å²) in [6.07, 6.45) is 1.71. The van der Waals surface area contributed by atoms with E-state index in [4.69, 9.17) is 5.11 Å². The minimum absolute atomic E-state index is 0.0744. The van der Waals surface area contributed by atoms with Crippen LogP contribution >= 0.6 is 0 Å². The Morgan fingerprint density at radius 3 is 2.69 bits per heavy atom. The molecule has 0 radical (unpaired) electrons. The molecule has 0 unspecified atom stereocenters. The minimum Gasteiger partial charge on any atom is -0.481 e. The summed E-state index contributed by atoms with van der Waals surface area (Å²) in [6.45, 7) is 0.133. The standard InChI is InChI=1S/C10H15N3O3/c1-11-7-5-8(13(2)6-7)10(16)12-4-3-9(14)15/h5-6,11H,3-4H2,1-2H3,(H,12,16)(H,14,15). The maximum Gasteiger partial charge on any atom is 0.305 e. The molecule has 6 heteroatoms. The highest BCUT2D eigenvalue weighted by Crippen LogP contribution is 2.11. The van der Waals surface area contributed by atoms with Gasteiger partial charge in [-0.15, -0.1) is 0 Å². The molecule has 0 saturated carbocycles. The fourth-order valence-electron chi connectivity index (χ4n) is 1.30. The van der Waals surface area contributed by atoms with Crippen molar-refractivity contribution in [1.82, 2.24) is 9.88 Å². The molecule has 0 aliphatic rings. The molecule has 0 bridgehead atoms. The number of amides is 1. The first kappa shape index (κ1) is 12.1. The van der Waals surface area contributed by atoms with Crippen molar-refractivity contribution < 1.29 is 14.7 Å². The molecule has 0 aliphatic carbocycles. The van der Waals surface area contributed by atoms with E-state index in [9.17, 15) is 9.59 Å². The first-order valence-corrected chi connectivity index (χ1v) is 4.88. The Kier molecular flexibility index (Phi) is 3.93. The lowest BCUT2D eigenvalue weighted by Crippen LogP contribution is -2.27. The van der Waals surface area contributed by atoms with Crippen LogP contribution in [0.15, 0.2) is 12.3 Å². The SMILES string of the molecule is CNc1cc(C(=O)NCCC(=O)O)n(C)c1. The maximum absolute atomic E-state index is 11.6. The molecule has 0 aliphatic heterocycles. The number of carbonyl (C=O) groups is 2. The lowest BCUT2D eigenvalue weighted by molar-refractivity contribution is -0.136. The number of hydrogen-bond donors (Lipinski definition) is 3. The van der Waals surface area contributed by atoms with Crippen molar-refractivity contribution in [2.45, 2.75) is 6.42 Å². The minimum atomic E-state index is -0.928. The summed E-state index contributed by atoms with van der Waals surface area (Å²) >= 11 is 0. The number of carboxylic acid groups (broad SMARTS) is 1. The zero-order chi connectivity index (χ0) is 12.1. The molecular weight excluding hydrogens is 210 g/mol. The zero-order valence-corrected chi connectivity index (χ0v) is 9.28. The monoisotopic (exact) mass is 225 g/mol. The Bertz CT molecular complexity index is 398. The van der Waals surface area contributed by atoms with E-state index in [1.165, 1.54) is 0 Å². The molecular formula is C10H15N3O3. The predicted octanol–water partition coefficient (Wildman–Crippen LogP) is 0.271. The van der Waals surface area contributed by atoms with E-state index in [2.05, 4.69) is 10.6 Å². The number of aromatic nitrogens is 1. The van der Waals surface area contributed by atoms with Crippen LogP contribution in [0.25, 0.3) is 0 Å². The molecule has 88 valence electrons. The van der Waals surface area contributed by atoms with Crippen molar-refractivity contribution in [1.29, 1.82) is 0 Å². The van der Waals surface area contributed by atoms with E-state index in [0.29, 0.717) is 5.69 Å². The summed E-state index contributed by atoms with van der Waals surface area (Å²) in [5.41, 5.74) is 1.33. The van der Waals surface area contributed by atoms with Gasteiger partial charge in [-0.1, -0.05) is 0 Å². The molecule has 1 heterocycles. The zero-order valence-electron chi connectivity index (χ0n) is 9.28. The van der Waals surface area contributed by atoms with Crippen molar-refractivity contribution in [2.75, 3.05) is 18.9 Å². The van der Waals surface area contributed by atoms with Crippen molar-refractivity contribution in [3.05, 3.63) is 18.0 Å². The number of aryl methyl sites for hydroxylation is 1. The van der Waals surface area contributed by atoms with Gasteiger partial charge in [-0.25, -0.2) is 0 Å². The number of nitrogens with zero attached hydrogens (tertiary/aromatic N) is 1. The Hall–Kier alpha value is -1.98. The van der Waals surface area contributed by atoms with Gasteiger partial charge in [0.25, 0.3) is 5.91 Å². The van der Waals surface area contributed by atoms with Gasteiger partial charge in [-0.05, 0) is 6.07 Å². The van der Waals surface area contributed by atoms with Crippen LogP contribution in [0.5, 0.6) is 0 Å². The molecule has 1 amide bonds. The lowest BCUT2D eigenvalue weighted by atomic mass is 10.3. The number of aliphatic carboxylic acids is 1. The fraction of sp³-hybridized carbons (Fsp3) is 0.400. The average Bonchev–Trinajstić information content (AvgIpc) is 2.59. The molecule has 0 aromatic carbocycles. The summed E-state index contributed by atoms with van der Waals surface area (Å²) in [5.74, 6) is -1.20. The third kappa shape index (κ3) is 3.01. The maximum atomic E-state index is 11.6. The second-order valence-electron chi connectivity index (χ2n) is 3.37. The highest BCUT2D eigenvalue weighted by Gasteiger charge is 2.11. The number of rotatable bonds is 5. The van der Waals surface area contributed by atoms with Crippen LogP contribution in [-0.4, -0.2) is 35.1 Å². The lowest BCUT2D eigenvalue weighted by Gasteiger charge is -2.03. The molecule has 3 N–H and O–H groups in total. The van der Waals surface area contributed by atoms with Gasteiger partial charge in [0, 0.05) is 26.8 Å². The first-order valence-electron chi connectivity index (χ1n) is 4.88. The molecule has 0 spiro atoms. The van der Waals surface area contributed by atoms with E-state index in [-0.39, 0.29) is 18.9 Å². The van der Waals surface area contributed by atoms with Crippen LogP contribution in [0.2, 0.25) is 0 Å². The number of nitrogens with one attached hydrogen (secondary N) is 2. The number of carboxylic acids is 1. The van der Waals surface area contributed by atoms with Gasteiger partial charge < -0.3 is 20.3 Å². The van der Waals surface area contributed by atoms with Crippen LogP contribution < -0.4 is 10.6 Å². The molecule has 0 saturated heterocycles. The smallest absolute Gasteiger partial charge is 0.305 e. The van der Waals surface area contributed by atoms with Crippen molar-refractivity contribution in [3.8, 4) is 0 Å². The number of carbonyl (C=O) groups excluding carboxylic acids is 1. The van der Waals surface area contributed by atoms with Gasteiger partial charge in [0.15, 0.2) is 0 Å². The van der Waals surface area contributed by atoms with Gasteiger partial charge in [-0.2, -0.15) is 0 Å². The second-order valence-corrected chi connectivity index (χ2v) is 3.37. The Balaban J connectivity index is 2.58. The number of hydrogen-bond acceptors (Lipinski definition) is 3. The van der Waals surface area contributed by atoms with E-state index in [0.717, 1.165) is 5.69 Å². The van der Waals surface area contributed by atoms with Gasteiger partial charge >= 0.3 is 5.97 Å². The average molecular weight is 225 g/mol. The quantitative estimate of drug-likeness (QED) is 0.671. The Labute approximate surface area is 93.3 Å². The summed E-state index contributed by atoms with van der Waals surface area (Å²) in [5, 5.41) is 13.9. The van der Waals surface area contributed by atoms with E-state index in [1.54, 1.807) is 30.9 Å². The van der Waals surface area contributed by atoms with Crippen molar-refractivity contribution in [2.24, 2.45) is 7.05 Å². The Morgan fingerprint density at radius 1 is 1.50 bits per heavy atom. The summed E-state index contributed by atoms with van der Waals surface area (Å²) in [6, 6.07) is 1.70. The van der Waals surface area contributed by atoms with Crippen molar-refractivity contribution in [3.63, 3.8) is 0 Å². The van der Waals surface area contributed by atoms with Gasteiger partial charge in [-0.3, -0.25) is 9.59 Å². The van der Waals surface area contributed by atoms with Gasteiger partial charge in [0.1, 0.15) is 5.69 Å². The highest BCUT2D eigenvalue weighted by atomic mass is 16.4. The van der Waals surface area contributed by atoms with Gasteiger partial charge in [0.05, 0.1) is 12.1 Å². The van der Waals surface area contributed by atoms with Gasteiger partial charge in [0.2, 0.25) is 0 Å². The van der Waals surface area contributed by atoms with Crippen LogP contribution in [0.4, 0.5) is 5.69 Å². The van der Waals surface area contributed by atoms with Crippen molar-refractivity contribution >= 4 is 17.6 Å². The molecule has 0 atom stereocenters. The normalized spacial score (nSPS) is 9.88. The molecule has 1 rings (SSSR count). The second kappa shape index (κ2) is 5.20. The fourth-order valence-corrected chi connectivity index (χ4v) is 1.30. The van der Waals surface area contributed by atoms with Crippen LogP contribution in [0.3, 0.4) is 0 Å². The van der Waals surface area contributed by atoms with Crippen LogP contribution in [-0.2, 0) is 11.8 Å². The van der Waals surface area contributed by atoms with E-state index >= 15 is 0 Å². The van der Waals surface area contributed by atoms with Crippen LogP contribution in [0.1, 0.15) is 16.9 Å². The molecule has 1 aromatic rings. The molecule has 16 heavy (non-hydrogen) atoms. The first-order chi connectivity index (χ1) is 7.54. The van der Waals surface area contributed by atoms with Crippen LogP contribution in [0, 0.1) is 0 Å². The summed E-state index contributed by atoms with van der Waals surface area (Å²) < 4.78 is 1.68. The Morgan fingerprint density at radius 2 is 2.19 bits per heavy atom. The molecule has 0 fully saturated rings. The third-order valence-corrected chi connectivity index (χ3v) is 2.15. The third-order valence-electron chi connectivity index (χ3n) is 2.15. The van der Waals surface area contributed by atoms with E-state index in [1.807, 2.05) is 0 Å². The number of anilines is 1. The summed E-state index contributed by atoms with van der Waals surface area (Å²) in [4.78, 5) is 21.9. The largest absolute Gasteiger partial charge is 0.481 e. The molecule has 6 nitrogen and oxygen atoms in total. The predicted molar refractivity (Wildman–Crippen MR) is 59.5 cm³/mol. The highest BCUT2D eigenvalue weighted by molar-refractivity contribution is 5.94. The topological polar surface area (TPSA) is 83.4 Å². The van der Waals surface area contributed by atoms with E-state index < -0.39 is 5.97 Å². The molecule has 1 aromatic heterocycles. The summed E-state index contributed by atoms with van der Waals surface area (Å²) in [7, 11) is 3.52.